The summed E-state index contributed by atoms with van der Waals surface area (Å²) in [7, 11) is 0. The maximum absolute atomic E-state index is 6.23. The van der Waals surface area contributed by atoms with Crippen LogP contribution in [0.3, 0.4) is 0 Å². The molecule has 5 rings (SSSR count). The first-order valence-electron chi connectivity index (χ1n) is 9.91. The number of H-pyrrole nitrogens is 1. The SMILES string of the molecule is Cc1ccc(Cl)cc1N1CCN(c2ncnc3n[nH]c(-c4cccc(N)c4)c23)CC1. The predicted octanol–water partition coefficient (Wildman–Crippen LogP) is 3.89. The third-order valence-electron chi connectivity index (χ3n) is 5.60. The molecular weight excluding hydrogens is 398 g/mol. The van der Waals surface area contributed by atoms with E-state index in [2.05, 4.69) is 43.0 Å². The number of aryl methyl sites for hydroxylation is 1. The average molecular weight is 420 g/mol. The zero-order valence-electron chi connectivity index (χ0n) is 16.6. The fourth-order valence-corrected chi connectivity index (χ4v) is 4.23. The van der Waals surface area contributed by atoms with Crippen molar-refractivity contribution in [1.82, 2.24) is 20.2 Å². The number of hydrogen-bond acceptors (Lipinski definition) is 6. The van der Waals surface area contributed by atoms with E-state index >= 15 is 0 Å². The van der Waals surface area contributed by atoms with Gasteiger partial charge in [0.05, 0.1) is 11.1 Å². The summed E-state index contributed by atoms with van der Waals surface area (Å²) >= 11 is 6.23. The Morgan fingerprint density at radius 2 is 1.80 bits per heavy atom. The van der Waals surface area contributed by atoms with Gasteiger partial charge in [0.1, 0.15) is 12.1 Å². The van der Waals surface area contributed by atoms with Gasteiger partial charge in [-0.2, -0.15) is 5.10 Å². The van der Waals surface area contributed by atoms with Crippen LogP contribution in [0.15, 0.2) is 48.8 Å². The van der Waals surface area contributed by atoms with Gasteiger partial charge in [0.25, 0.3) is 0 Å². The number of fused-ring (bicyclic) bond motifs is 1. The number of aromatic nitrogens is 4. The molecule has 2 aromatic carbocycles. The minimum atomic E-state index is 0.658. The van der Waals surface area contributed by atoms with E-state index in [9.17, 15) is 0 Å². The molecule has 0 amide bonds. The van der Waals surface area contributed by atoms with E-state index in [1.165, 1.54) is 11.3 Å². The molecule has 0 radical (unpaired) electrons. The first-order chi connectivity index (χ1) is 14.6. The summed E-state index contributed by atoms with van der Waals surface area (Å²) in [6.45, 7) is 5.59. The predicted molar refractivity (Wildman–Crippen MR) is 122 cm³/mol. The Morgan fingerprint density at radius 1 is 1.00 bits per heavy atom. The van der Waals surface area contributed by atoms with Gasteiger partial charge < -0.3 is 15.5 Å². The molecule has 0 bridgehead atoms. The van der Waals surface area contributed by atoms with Crippen LogP contribution in [0.1, 0.15) is 5.56 Å². The van der Waals surface area contributed by atoms with E-state index in [0.717, 1.165) is 53.7 Å². The number of nitrogens with two attached hydrogens (primary N) is 1. The van der Waals surface area contributed by atoms with Crippen LogP contribution in [-0.4, -0.2) is 46.3 Å². The smallest absolute Gasteiger partial charge is 0.186 e. The molecule has 1 aliphatic heterocycles. The molecule has 1 aliphatic rings. The number of piperazine rings is 1. The minimum absolute atomic E-state index is 0.658. The molecule has 0 saturated carbocycles. The van der Waals surface area contributed by atoms with E-state index in [1.807, 2.05) is 36.4 Å². The zero-order chi connectivity index (χ0) is 20.7. The summed E-state index contributed by atoms with van der Waals surface area (Å²) in [4.78, 5) is 13.7. The molecular formula is C22H22ClN7. The number of nitrogens with one attached hydrogen (secondary N) is 1. The topological polar surface area (TPSA) is 87.0 Å². The maximum atomic E-state index is 6.23. The van der Waals surface area contributed by atoms with E-state index in [1.54, 1.807) is 6.33 Å². The second kappa shape index (κ2) is 7.50. The van der Waals surface area contributed by atoms with Crippen LogP contribution in [0.25, 0.3) is 22.3 Å². The second-order valence-electron chi connectivity index (χ2n) is 7.52. The normalized spacial score (nSPS) is 14.5. The highest BCUT2D eigenvalue weighted by Crippen LogP contribution is 2.33. The number of nitrogen functional groups attached to an aromatic ring is 1. The third-order valence-corrected chi connectivity index (χ3v) is 5.83. The van der Waals surface area contributed by atoms with Crippen LogP contribution in [0, 0.1) is 6.92 Å². The molecule has 1 fully saturated rings. The lowest BCUT2D eigenvalue weighted by Gasteiger charge is -2.37. The average Bonchev–Trinajstić information content (AvgIpc) is 3.20. The summed E-state index contributed by atoms with van der Waals surface area (Å²) in [5.74, 6) is 0.897. The third kappa shape index (κ3) is 3.31. The number of hydrogen-bond donors (Lipinski definition) is 2. The molecule has 0 atom stereocenters. The summed E-state index contributed by atoms with van der Waals surface area (Å²) in [6.07, 6.45) is 1.58. The molecule has 30 heavy (non-hydrogen) atoms. The van der Waals surface area contributed by atoms with Crippen LogP contribution in [0.2, 0.25) is 5.02 Å². The van der Waals surface area contributed by atoms with Crippen molar-refractivity contribution < 1.29 is 0 Å². The molecule has 0 spiro atoms. The van der Waals surface area contributed by atoms with Crippen molar-refractivity contribution in [3.8, 4) is 11.3 Å². The Bertz CT molecular complexity index is 1210. The zero-order valence-corrected chi connectivity index (χ0v) is 17.4. The van der Waals surface area contributed by atoms with Crippen molar-refractivity contribution in [3.05, 3.63) is 59.4 Å². The van der Waals surface area contributed by atoms with Gasteiger partial charge in [-0.25, -0.2) is 9.97 Å². The molecule has 0 aliphatic carbocycles. The van der Waals surface area contributed by atoms with Crippen LogP contribution in [0.5, 0.6) is 0 Å². The van der Waals surface area contributed by atoms with Crippen LogP contribution < -0.4 is 15.5 Å². The molecule has 7 nitrogen and oxygen atoms in total. The van der Waals surface area contributed by atoms with E-state index in [0.29, 0.717) is 11.3 Å². The van der Waals surface area contributed by atoms with Crippen LogP contribution >= 0.6 is 11.6 Å². The quantitative estimate of drug-likeness (QED) is 0.490. The van der Waals surface area contributed by atoms with Crippen molar-refractivity contribution in [2.24, 2.45) is 0 Å². The number of anilines is 3. The molecule has 4 aromatic rings. The first kappa shape index (κ1) is 18.7. The number of aromatic amines is 1. The van der Waals surface area contributed by atoms with Crippen LogP contribution in [-0.2, 0) is 0 Å². The Labute approximate surface area is 179 Å². The van der Waals surface area contributed by atoms with Gasteiger partial charge in [0.15, 0.2) is 5.65 Å². The van der Waals surface area contributed by atoms with Crippen molar-refractivity contribution in [1.29, 1.82) is 0 Å². The first-order valence-corrected chi connectivity index (χ1v) is 10.3. The molecule has 2 aromatic heterocycles. The summed E-state index contributed by atoms with van der Waals surface area (Å²) in [6, 6.07) is 13.8. The van der Waals surface area contributed by atoms with Gasteiger partial charge in [0.2, 0.25) is 0 Å². The lowest BCUT2D eigenvalue weighted by atomic mass is 10.1. The van der Waals surface area contributed by atoms with E-state index < -0.39 is 0 Å². The van der Waals surface area contributed by atoms with Gasteiger partial charge in [-0.1, -0.05) is 29.8 Å². The van der Waals surface area contributed by atoms with Crippen molar-refractivity contribution in [2.75, 3.05) is 41.7 Å². The molecule has 0 unspecified atom stereocenters. The molecule has 3 heterocycles. The molecule has 3 N–H and O–H groups in total. The van der Waals surface area contributed by atoms with Gasteiger partial charge in [-0.3, -0.25) is 5.10 Å². The second-order valence-corrected chi connectivity index (χ2v) is 7.96. The van der Waals surface area contributed by atoms with Gasteiger partial charge >= 0.3 is 0 Å². The monoisotopic (exact) mass is 419 g/mol. The largest absolute Gasteiger partial charge is 0.399 e. The van der Waals surface area contributed by atoms with Gasteiger partial charge in [-0.15, -0.1) is 0 Å². The Morgan fingerprint density at radius 3 is 2.60 bits per heavy atom. The fourth-order valence-electron chi connectivity index (χ4n) is 4.07. The summed E-state index contributed by atoms with van der Waals surface area (Å²) in [5.41, 5.74) is 11.6. The molecule has 1 saturated heterocycles. The van der Waals surface area contributed by atoms with Gasteiger partial charge in [0, 0.05) is 48.1 Å². The molecule has 8 heteroatoms. The standard InChI is InChI=1S/C22H22ClN7/c1-14-5-6-16(23)12-18(14)29-7-9-30(10-8-29)22-19-20(15-3-2-4-17(24)11-15)27-28-21(19)25-13-26-22/h2-6,11-13H,7-10,24H2,1H3,(H,25,26,27,28). The van der Waals surface area contributed by atoms with Crippen molar-refractivity contribution in [3.63, 3.8) is 0 Å². The lowest BCUT2D eigenvalue weighted by Crippen LogP contribution is -2.47. The van der Waals surface area contributed by atoms with Gasteiger partial charge in [-0.05, 0) is 36.8 Å². The number of rotatable bonds is 3. The number of benzene rings is 2. The van der Waals surface area contributed by atoms with E-state index in [-0.39, 0.29) is 0 Å². The summed E-state index contributed by atoms with van der Waals surface area (Å²) in [5, 5.41) is 9.21. The fraction of sp³-hybridized carbons (Fsp3) is 0.227. The Hall–Kier alpha value is -3.32. The maximum Gasteiger partial charge on any atom is 0.186 e. The Kier molecular flexibility index (Phi) is 4.67. The Balaban J connectivity index is 1.46. The highest BCUT2D eigenvalue weighted by atomic mass is 35.5. The number of nitrogens with zero attached hydrogens (tertiary/aromatic N) is 5. The lowest BCUT2D eigenvalue weighted by molar-refractivity contribution is 0.648. The van der Waals surface area contributed by atoms with Crippen LogP contribution in [0.4, 0.5) is 17.2 Å². The van der Waals surface area contributed by atoms with Crippen molar-refractivity contribution >= 4 is 39.8 Å². The summed E-state index contributed by atoms with van der Waals surface area (Å²) < 4.78 is 0. The highest BCUT2D eigenvalue weighted by Gasteiger charge is 2.24. The molecule has 152 valence electrons. The van der Waals surface area contributed by atoms with E-state index in [4.69, 9.17) is 17.3 Å². The minimum Gasteiger partial charge on any atom is -0.399 e. The highest BCUT2D eigenvalue weighted by molar-refractivity contribution is 6.30. The number of halogens is 1. The van der Waals surface area contributed by atoms with Crippen molar-refractivity contribution in [2.45, 2.75) is 6.92 Å².